The summed E-state index contributed by atoms with van der Waals surface area (Å²) in [5, 5.41) is 2.77. The zero-order valence-electron chi connectivity index (χ0n) is 14.0. The summed E-state index contributed by atoms with van der Waals surface area (Å²) < 4.78 is 18.0. The summed E-state index contributed by atoms with van der Waals surface area (Å²) in [7, 11) is -3.68. The van der Waals surface area contributed by atoms with Gasteiger partial charge in [0.25, 0.3) is 0 Å². The number of amides is 1. The Morgan fingerprint density at radius 1 is 1.08 bits per heavy atom. The molecule has 0 saturated heterocycles. The van der Waals surface area contributed by atoms with Gasteiger partial charge < -0.3 is 9.63 Å². The summed E-state index contributed by atoms with van der Waals surface area (Å²) in [5.74, 6) is 0. The van der Waals surface area contributed by atoms with Crippen LogP contribution < -0.4 is 10.6 Å². The van der Waals surface area contributed by atoms with E-state index < -0.39 is 19.1 Å². The number of ether oxygens (including phenoxy) is 1. The van der Waals surface area contributed by atoms with Crippen molar-refractivity contribution in [2.45, 2.75) is 32.5 Å². The highest BCUT2D eigenvalue weighted by Crippen LogP contribution is 2.45. The average Bonchev–Trinajstić information content (AvgIpc) is 2.46. The van der Waals surface area contributed by atoms with Crippen molar-refractivity contribution in [3.05, 3.63) is 60.2 Å². The zero-order valence-corrected chi connectivity index (χ0v) is 14.9. The van der Waals surface area contributed by atoms with E-state index >= 15 is 0 Å². The molecular formula is C18H22NO4P. The summed E-state index contributed by atoms with van der Waals surface area (Å²) in [4.78, 5) is 22.5. The van der Waals surface area contributed by atoms with Gasteiger partial charge in [-0.25, -0.2) is 4.79 Å². The molecule has 0 saturated carbocycles. The lowest BCUT2D eigenvalue weighted by atomic mass is 10.2. The van der Waals surface area contributed by atoms with Crippen molar-refractivity contribution in [3.63, 3.8) is 0 Å². The van der Waals surface area contributed by atoms with Gasteiger partial charge in [0.1, 0.15) is 5.60 Å². The number of hydrogen-bond acceptors (Lipinski definition) is 3. The van der Waals surface area contributed by atoms with Crippen LogP contribution in [0.3, 0.4) is 0 Å². The molecule has 0 fully saturated rings. The van der Waals surface area contributed by atoms with Crippen LogP contribution in [0.4, 0.5) is 10.5 Å². The van der Waals surface area contributed by atoms with Crippen molar-refractivity contribution < 1.29 is 19.0 Å². The predicted octanol–water partition coefficient (Wildman–Crippen LogP) is 4.13. The SMILES string of the molecule is CC(C)(C)OC(=O)Nc1ccccc1P(=O)(O)Cc1ccccc1. The third-order valence-corrected chi connectivity index (χ3v) is 5.09. The molecule has 2 aromatic carbocycles. The Balaban J connectivity index is 2.24. The second kappa shape index (κ2) is 7.20. The number of rotatable bonds is 4. The van der Waals surface area contributed by atoms with E-state index in [4.69, 9.17) is 4.74 Å². The molecule has 0 aliphatic carbocycles. The number of para-hydroxylation sites is 1. The van der Waals surface area contributed by atoms with E-state index in [1.54, 1.807) is 57.2 Å². The Morgan fingerprint density at radius 2 is 1.67 bits per heavy atom. The van der Waals surface area contributed by atoms with E-state index in [0.29, 0.717) is 0 Å². The summed E-state index contributed by atoms with van der Waals surface area (Å²) in [5.41, 5.74) is 0.398. The lowest BCUT2D eigenvalue weighted by Gasteiger charge is -2.21. The third kappa shape index (κ3) is 5.22. The van der Waals surface area contributed by atoms with Crippen LogP contribution >= 0.6 is 7.37 Å². The first-order chi connectivity index (χ1) is 11.2. The first-order valence-electron chi connectivity index (χ1n) is 7.63. The maximum Gasteiger partial charge on any atom is 0.412 e. The summed E-state index contributed by atoms with van der Waals surface area (Å²) in [6.07, 6.45) is -0.657. The van der Waals surface area contributed by atoms with Crippen LogP contribution in [-0.2, 0) is 15.5 Å². The minimum Gasteiger partial charge on any atom is -0.444 e. The number of benzene rings is 2. The average molecular weight is 347 g/mol. The molecule has 1 unspecified atom stereocenters. The Labute approximate surface area is 142 Å². The van der Waals surface area contributed by atoms with E-state index in [-0.39, 0.29) is 17.2 Å². The van der Waals surface area contributed by atoms with E-state index in [9.17, 15) is 14.3 Å². The van der Waals surface area contributed by atoms with Crippen LogP contribution in [0, 0.1) is 0 Å². The van der Waals surface area contributed by atoms with Gasteiger partial charge in [0.05, 0.1) is 17.2 Å². The maximum atomic E-state index is 12.8. The fourth-order valence-electron chi connectivity index (χ4n) is 2.21. The van der Waals surface area contributed by atoms with Crippen molar-refractivity contribution in [2.75, 3.05) is 5.32 Å². The van der Waals surface area contributed by atoms with Gasteiger partial charge in [-0.05, 0) is 38.5 Å². The number of carbonyl (C=O) groups excluding carboxylic acids is 1. The van der Waals surface area contributed by atoms with Crippen molar-refractivity contribution >= 4 is 24.5 Å². The molecule has 0 heterocycles. The Morgan fingerprint density at radius 3 is 2.29 bits per heavy atom. The standard InChI is InChI=1S/C18H22NO4P/c1-18(2,3)23-17(20)19-15-11-7-8-12-16(15)24(21,22)13-14-9-5-4-6-10-14/h4-12H,13H2,1-3H3,(H,19,20)(H,21,22). The molecule has 128 valence electrons. The third-order valence-electron chi connectivity index (χ3n) is 3.16. The molecule has 5 nitrogen and oxygen atoms in total. The van der Waals surface area contributed by atoms with E-state index in [1.807, 2.05) is 18.2 Å². The van der Waals surface area contributed by atoms with Crippen LogP contribution in [0.15, 0.2) is 54.6 Å². The van der Waals surface area contributed by atoms with Crippen LogP contribution in [0.25, 0.3) is 0 Å². The van der Waals surface area contributed by atoms with E-state index in [0.717, 1.165) is 5.56 Å². The highest BCUT2D eigenvalue weighted by Gasteiger charge is 2.26. The quantitative estimate of drug-likeness (QED) is 0.816. The number of anilines is 1. The summed E-state index contributed by atoms with van der Waals surface area (Å²) >= 11 is 0. The van der Waals surface area contributed by atoms with E-state index in [1.165, 1.54) is 0 Å². The Bertz CT molecular complexity index is 753. The molecular weight excluding hydrogens is 325 g/mol. The van der Waals surface area contributed by atoms with Gasteiger partial charge >= 0.3 is 6.09 Å². The van der Waals surface area contributed by atoms with Gasteiger partial charge in [-0.3, -0.25) is 9.88 Å². The first kappa shape index (κ1) is 18.2. The minimum atomic E-state index is -3.68. The van der Waals surface area contributed by atoms with Gasteiger partial charge in [0, 0.05) is 0 Å². The van der Waals surface area contributed by atoms with Gasteiger partial charge in [0.2, 0.25) is 7.37 Å². The van der Waals surface area contributed by atoms with Crippen LogP contribution in [-0.4, -0.2) is 16.6 Å². The number of nitrogens with one attached hydrogen (secondary N) is 1. The molecule has 0 spiro atoms. The highest BCUT2D eigenvalue weighted by atomic mass is 31.2. The van der Waals surface area contributed by atoms with Crippen molar-refractivity contribution in [2.24, 2.45) is 0 Å². The van der Waals surface area contributed by atoms with Crippen molar-refractivity contribution in [3.8, 4) is 0 Å². The molecule has 24 heavy (non-hydrogen) atoms. The van der Waals surface area contributed by atoms with E-state index in [2.05, 4.69) is 5.32 Å². The molecule has 0 aromatic heterocycles. The fraction of sp³-hybridized carbons (Fsp3) is 0.278. The molecule has 2 N–H and O–H groups in total. The van der Waals surface area contributed by atoms with Gasteiger partial charge in [-0.1, -0.05) is 42.5 Å². The molecule has 2 aromatic rings. The minimum absolute atomic E-state index is 0.000845. The molecule has 0 aliphatic rings. The highest BCUT2D eigenvalue weighted by molar-refractivity contribution is 7.65. The van der Waals surface area contributed by atoms with Gasteiger partial charge in [0.15, 0.2) is 0 Å². The number of carbonyl (C=O) groups is 1. The van der Waals surface area contributed by atoms with Crippen molar-refractivity contribution in [1.82, 2.24) is 0 Å². The maximum absolute atomic E-state index is 12.8. The number of hydrogen-bond donors (Lipinski definition) is 2. The monoisotopic (exact) mass is 347 g/mol. The molecule has 1 amide bonds. The Kier molecular flexibility index (Phi) is 5.47. The molecule has 2 rings (SSSR count). The van der Waals surface area contributed by atoms with Gasteiger partial charge in [-0.2, -0.15) is 0 Å². The lowest BCUT2D eigenvalue weighted by molar-refractivity contribution is 0.0636. The molecule has 1 atom stereocenters. The molecule has 0 bridgehead atoms. The topological polar surface area (TPSA) is 75.6 Å². The fourth-order valence-corrected chi connectivity index (χ4v) is 3.92. The second-order valence-corrected chi connectivity index (χ2v) is 8.69. The second-order valence-electron chi connectivity index (χ2n) is 6.49. The normalized spacial score (nSPS) is 13.8. The molecule has 0 radical (unpaired) electrons. The molecule has 6 heteroatoms. The van der Waals surface area contributed by atoms with Crippen LogP contribution in [0.1, 0.15) is 26.3 Å². The summed E-state index contributed by atoms with van der Waals surface area (Å²) in [6, 6.07) is 15.6. The smallest absolute Gasteiger partial charge is 0.412 e. The van der Waals surface area contributed by atoms with Crippen LogP contribution in [0.5, 0.6) is 0 Å². The van der Waals surface area contributed by atoms with Crippen LogP contribution in [0.2, 0.25) is 0 Å². The summed E-state index contributed by atoms with van der Waals surface area (Å²) in [6.45, 7) is 5.26. The Hall–Kier alpha value is -2.10. The first-order valence-corrected chi connectivity index (χ1v) is 9.47. The predicted molar refractivity (Wildman–Crippen MR) is 95.9 cm³/mol. The van der Waals surface area contributed by atoms with Crippen molar-refractivity contribution in [1.29, 1.82) is 0 Å². The largest absolute Gasteiger partial charge is 0.444 e. The van der Waals surface area contributed by atoms with Gasteiger partial charge in [-0.15, -0.1) is 0 Å². The lowest BCUT2D eigenvalue weighted by Crippen LogP contribution is -2.28. The molecule has 0 aliphatic heterocycles. The zero-order chi connectivity index (χ0) is 17.8.